The number of nitrogens with one attached hydrogen (secondary N) is 3. The van der Waals surface area contributed by atoms with Crippen LogP contribution in [0.5, 0.6) is 5.88 Å². The zero-order chi connectivity index (χ0) is 36.1. The summed E-state index contributed by atoms with van der Waals surface area (Å²) >= 11 is 14.2. The number of hydrogen-bond acceptors (Lipinski definition) is 9. The van der Waals surface area contributed by atoms with Crippen molar-refractivity contribution < 1.29 is 19.4 Å². The van der Waals surface area contributed by atoms with E-state index >= 15 is 0 Å². The van der Waals surface area contributed by atoms with E-state index in [9.17, 15) is 14.7 Å². The van der Waals surface area contributed by atoms with E-state index < -0.39 is 6.10 Å². The van der Waals surface area contributed by atoms with Crippen LogP contribution in [0.4, 0.5) is 0 Å². The van der Waals surface area contributed by atoms with Crippen LogP contribution in [0.1, 0.15) is 30.5 Å². The first kappa shape index (κ1) is 36.2. The molecule has 266 valence electrons. The SMILES string of the molecule is COc1nc(-c2cccc(-c3cccc(-c4ccc5nc(CNC[C@H](O)CC(=O)N(C)C)cn5n4)c3Cl)c2Cl)ccc1CNC[C@H]1CCC(=O)N1. The summed E-state index contributed by atoms with van der Waals surface area (Å²) in [6.07, 6.45) is 2.47. The summed E-state index contributed by atoms with van der Waals surface area (Å²) in [7, 11) is 4.92. The molecule has 1 saturated heterocycles. The Hall–Kier alpha value is -4.59. The van der Waals surface area contributed by atoms with Crippen LogP contribution in [0.2, 0.25) is 10.0 Å². The lowest BCUT2D eigenvalue weighted by atomic mass is 9.98. The van der Waals surface area contributed by atoms with Gasteiger partial charge in [0.15, 0.2) is 5.65 Å². The topological polar surface area (TPSA) is 146 Å². The summed E-state index contributed by atoms with van der Waals surface area (Å²) < 4.78 is 7.34. The Labute approximate surface area is 306 Å². The van der Waals surface area contributed by atoms with Crippen LogP contribution in [0.25, 0.3) is 39.3 Å². The molecule has 14 heteroatoms. The number of ether oxygens (including phenoxy) is 1. The molecule has 4 heterocycles. The van der Waals surface area contributed by atoms with Gasteiger partial charge in [0.2, 0.25) is 17.7 Å². The molecule has 1 fully saturated rings. The first-order chi connectivity index (χ1) is 24.6. The minimum absolute atomic E-state index is 0.0485. The third-order valence-electron chi connectivity index (χ3n) is 8.73. The Bertz CT molecular complexity index is 2050. The molecule has 1 aliphatic rings. The number of aromatic nitrogens is 4. The molecule has 5 aromatic rings. The molecule has 12 nitrogen and oxygen atoms in total. The number of imidazole rings is 1. The number of methoxy groups -OCH3 is 1. The summed E-state index contributed by atoms with van der Waals surface area (Å²) in [6.45, 7) is 1.87. The van der Waals surface area contributed by atoms with Gasteiger partial charge in [-0.1, -0.05) is 65.7 Å². The van der Waals surface area contributed by atoms with Gasteiger partial charge in [0.25, 0.3) is 0 Å². The molecule has 3 aromatic heterocycles. The molecule has 4 N–H and O–H groups in total. The van der Waals surface area contributed by atoms with Gasteiger partial charge < -0.3 is 30.7 Å². The molecule has 1 aliphatic heterocycles. The molecule has 0 spiro atoms. The number of benzene rings is 2. The maximum absolute atomic E-state index is 11.8. The van der Waals surface area contributed by atoms with E-state index in [1.54, 1.807) is 25.7 Å². The maximum atomic E-state index is 11.8. The van der Waals surface area contributed by atoms with E-state index in [0.29, 0.717) is 59.0 Å². The fraction of sp³-hybridized carbons (Fsp3) is 0.324. The Morgan fingerprint density at radius 2 is 1.67 bits per heavy atom. The van der Waals surface area contributed by atoms with Crippen LogP contribution in [-0.4, -0.2) is 87.8 Å². The zero-order valence-electron chi connectivity index (χ0n) is 28.6. The van der Waals surface area contributed by atoms with Crippen molar-refractivity contribution in [3.63, 3.8) is 0 Å². The molecule has 2 amide bonds. The van der Waals surface area contributed by atoms with Crippen molar-refractivity contribution >= 4 is 40.7 Å². The number of carbonyl (C=O) groups is 2. The van der Waals surface area contributed by atoms with Gasteiger partial charge in [-0.2, -0.15) is 5.10 Å². The third kappa shape index (κ3) is 8.49. The summed E-state index contributed by atoms with van der Waals surface area (Å²) in [4.78, 5) is 34.2. The van der Waals surface area contributed by atoms with E-state index in [1.807, 2.05) is 66.9 Å². The first-order valence-electron chi connectivity index (χ1n) is 16.7. The minimum atomic E-state index is -0.794. The van der Waals surface area contributed by atoms with Crippen LogP contribution in [-0.2, 0) is 22.7 Å². The smallest absolute Gasteiger partial charge is 0.224 e. The average Bonchev–Trinajstić information content (AvgIpc) is 3.73. The van der Waals surface area contributed by atoms with Crippen molar-refractivity contribution in [2.45, 2.75) is 44.5 Å². The van der Waals surface area contributed by atoms with E-state index in [1.165, 1.54) is 4.90 Å². The number of halogens is 2. The summed E-state index contributed by atoms with van der Waals surface area (Å²) in [6, 6.07) is 19.3. The van der Waals surface area contributed by atoms with Crippen molar-refractivity contribution in [1.29, 1.82) is 0 Å². The van der Waals surface area contributed by atoms with Gasteiger partial charge in [-0.25, -0.2) is 14.5 Å². The lowest BCUT2D eigenvalue weighted by Gasteiger charge is -2.15. The number of aliphatic hydroxyl groups is 1. The maximum Gasteiger partial charge on any atom is 0.224 e. The second kappa shape index (κ2) is 16.2. The number of pyridine rings is 1. The van der Waals surface area contributed by atoms with Gasteiger partial charge in [-0.05, 0) is 24.6 Å². The van der Waals surface area contributed by atoms with Gasteiger partial charge in [0.1, 0.15) is 0 Å². The van der Waals surface area contributed by atoms with Gasteiger partial charge in [0, 0.05) is 80.6 Å². The fourth-order valence-electron chi connectivity index (χ4n) is 6.00. The summed E-state index contributed by atoms with van der Waals surface area (Å²) in [5.41, 5.74) is 6.57. The number of fused-ring (bicyclic) bond motifs is 1. The second-order valence-electron chi connectivity index (χ2n) is 12.7. The highest BCUT2D eigenvalue weighted by molar-refractivity contribution is 6.39. The average molecular weight is 732 g/mol. The quantitative estimate of drug-likeness (QED) is 0.127. The molecule has 0 bridgehead atoms. The van der Waals surface area contributed by atoms with Crippen LogP contribution in [0, 0.1) is 0 Å². The zero-order valence-corrected chi connectivity index (χ0v) is 30.1. The number of rotatable bonds is 14. The van der Waals surface area contributed by atoms with Gasteiger partial charge in [0.05, 0.1) is 53.0 Å². The molecule has 51 heavy (non-hydrogen) atoms. The molecule has 0 unspecified atom stereocenters. The number of hydrogen-bond donors (Lipinski definition) is 4. The fourth-order valence-corrected chi connectivity index (χ4v) is 6.65. The predicted molar refractivity (Wildman–Crippen MR) is 198 cm³/mol. The van der Waals surface area contributed by atoms with E-state index in [-0.39, 0.29) is 30.8 Å². The molecular weight excluding hydrogens is 691 g/mol. The monoisotopic (exact) mass is 730 g/mol. The standard InChI is InChI=1S/C37H40Cl2N8O4/c1-46(2)34(50)16-25(48)20-41-19-24-21-47-32(42-24)14-13-31(45-47)29-9-5-7-27(36(29)39)26-6-4-8-28(35(26)38)30-12-10-22(37(44-30)51-3)17-40-18-23-11-15-33(49)43-23/h4-10,12-14,21,23,25,40-41,48H,11,15-20H2,1-3H3,(H,43,49)/t23-,25-/m1/s1. The second-order valence-corrected chi connectivity index (χ2v) is 13.4. The highest BCUT2D eigenvalue weighted by Crippen LogP contribution is 2.42. The van der Waals surface area contributed by atoms with Crippen LogP contribution < -0.4 is 20.7 Å². The molecular formula is C37H40Cl2N8O4. The van der Waals surface area contributed by atoms with Gasteiger partial charge in [-0.3, -0.25) is 9.59 Å². The molecule has 0 radical (unpaired) electrons. The molecule has 0 saturated carbocycles. The number of amides is 2. The lowest BCUT2D eigenvalue weighted by Crippen LogP contribution is -2.35. The minimum Gasteiger partial charge on any atom is -0.481 e. The lowest BCUT2D eigenvalue weighted by molar-refractivity contribution is -0.130. The Morgan fingerprint density at radius 1 is 0.980 bits per heavy atom. The summed E-state index contributed by atoms with van der Waals surface area (Å²) in [5, 5.41) is 25.5. The molecule has 2 atom stereocenters. The highest BCUT2D eigenvalue weighted by atomic mass is 35.5. The molecule has 6 rings (SSSR count). The number of nitrogens with zero attached hydrogens (tertiary/aromatic N) is 5. The first-order valence-corrected chi connectivity index (χ1v) is 17.4. The number of aliphatic hydroxyl groups excluding tert-OH is 1. The van der Waals surface area contributed by atoms with Crippen molar-refractivity contribution in [2.75, 3.05) is 34.3 Å². The Morgan fingerprint density at radius 3 is 2.33 bits per heavy atom. The van der Waals surface area contributed by atoms with Gasteiger partial charge >= 0.3 is 0 Å². The highest BCUT2D eigenvalue weighted by Gasteiger charge is 2.21. The van der Waals surface area contributed by atoms with Crippen molar-refractivity contribution in [2.24, 2.45) is 0 Å². The molecule has 2 aromatic carbocycles. The third-order valence-corrected chi connectivity index (χ3v) is 9.54. The predicted octanol–water partition coefficient (Wildman–Crippen LogP) is 4.74. The van der Waals surface area contributed by atoms with E-state index in [4.69, 9.17) is 38.0 Å². The molecule has 0 aliphatic carbocycles. The van der Waals surface area contributed by atoms with Crippen molar-refractivity contribution in [3.05, 3.63) is 88.2 Å². The van der Waals surface area contributed by atoms with E-state index in [2.05, 4.69) is 20.9 Å². The van der Waals surface area contributed by atoms with Crippen LogP contribution in [0.3, 0.4) is 0 Å². The summed E-state index contributed by atoms with van der Waals surface area (Å²) in [5.74, 6) is 0.453. The van der Waals surface area contributed by atoms with Crippen molar-refractivity contribution in [3.8, 4) is 39.5 Å². The number of carbonyl (C=O) groups excluding carboxylic acids is 2. The Kier molecular flexibility index (Phi) is 11.5. The van der Waals surface area contributed by atoms with Gasteiger partial charge in [-0.15, -0.1) is 0 Å². The largest absolute Gasteiger partial charge is 0.481 e. The van der Waals surface area contributed by atoms with Crippen LogP contribution >= 0.6 is 23.2 Å². The van der Waals surface area contributed by atoms with Crippen molar-refractivity contribution in [1.82, 2.24) is 40.4 Å². The Balaban J connectivity index is 1.18. The van der Waals surface area contributed by atoms with Crippen LogP contribution in [0.15, 0.2) is 66.9 Å². The van der Waals surface area contributed by atoms with E-state index in [0.717, 1.165) is 39.9 Å². The normalized spacial score (nSPS) is 14.9.